The third-order valence-electron chi connectivity index (χ3n) is 3.26. The molecule has 1 unspecified atom stereocenters. The number of amides is 1. The van der Waals surface area contributed by atoms with Crippen LogP contribution in [0.1, 0.15) is 41.5 Å². The van der Waals surface area contributed by atoms with Gasteiger partial charge in [-0.2, -0.15) is 5.10 Å². The summed E-state index contributed by atoms with van der Waals surface area (Å²) in [4.78, 5) is 16.5. The molecule has 1 amide bonds. The number of carbonyl (C=O) groups excluding carboxylic acids is 1. The Hall–Kier alpha value is -1.95. The molecule has 0 spiro atoms. The van der Waals surface area contributed by atoms with Gasteiger partial charge in [0.2, 0.25) is 0 Å². The number of nitrogens with one attached hydrogen (secondary N) is 1. The lowest BCUT2D eigenvalue weighted by molar-refractivity contribution is 0.0943. The number of aliphatic hydroxyl groups excluding tert-OH is 1. The van der Waals surface area contributed by atoms with Crippen LogP contribution < -0.4 is 5.32 Å². The van der Waals surface area contributed by atoms with Crippen molar-refractivity contribution in [3.05, 3.63) is 29.2 Å². The SMILES string of the molecule is CCC(O)CCNC(=O)c1cnn2c(C)cc(C)nc12. The first kappa shape index (κ1) is 14.5. The van der Waals surface area contributed by atoms with Crippen molar-refractivity contribution in [2.75, 3.05) is 6.54 Å². The molecular weight excluding hydrogens is 256 g/mol. The van der Waals surface area contributed by atoms with E-state index < -0.39 is 0 Å². The number of aromatic nitrogens is 3. The van der Waals surface area contributed by atoms with Gasteiger partial charge in [-0.25, -0.2) is 9.50 Å². The van der Waals surface area contributed by atoms with Crippen LogP contribution in [-0.2, 0) is 0 Å². The molecule has 1 atom stereocenters. The number of carbonyl (C=O) groups is 1. The van der Waals surface area contributed by atoms with Crippen LogP contribution in [0.3, 0.4) is 0 Å². The summed E-state index contributed by atoms with van der Waals surface area (Å²) in [6.45, 7) is 6.16. The predicted octanol–water partition coefficient (Wildman–Crippen LogP) is 1.24. The number of hydrogen-bond donors (Lipinski definition) is 2. The number of rotatable bonds is 5. The van der Waals surface area contributed by atoms with E-state index in [1.54, 1.807) is 4.52 Å². The van der Waals surface area contributed by atoms with E-state index in [4.69, 9.17) is 0 Å². The summed E-state index contributed by atoms with van der Waals surface area (Å²) in [5.41, 5.74) is 2.82. The van der Waals surface area contributed by atoms with Gasteiger partial charge in [0.15, 0.2) is 5.65 Å². The van der Waals surface area contributed by atoms with E-state index in [9.17, 15) is 9.90 Å². The Balaban J connectivity index is 2.14. The number of aliphatic hydroxyl groups is 1. The van der Waals surface area contributed by atoms with Gasteiger partial charge in [0.25, 0.3) is 5.91 Å². The van der Waals surface area contributed by atoms with Gasteiger partial charge in [0.1, 0.15) is 5.56 Å². The lowest BCUT2D eigenvalue weighted by atomic mass is 10.2. The van der Waals surface area contributed by atoms with Crippen LogP contribution in [0.2, 0.25) is 0 Å². The van der Waals surface area contributed by atoms with Crippen molar-refractivity contribution in [3.8, 4) is 0 Å². The fourth-order valence-electron chi connectivity index (χ4n) is 2.08. The van der Waals surface area contributed by atoms with E-state index in [0.717, 1.165) is 11.4 Å². The molecule has 0 saturated carbocycles. The maximum absolute atomic E-state index is 12.1. The summed E-state index contributed by atoms with van der Waals surface area (Å²) in [7, 11) is 0. The van der Waals surface area contributed by atoms with Crippen LogP contribution in [0.25, 0.3) is 5.65 Å². The van der Waals surface area contributed by atoms with Crippen molar-refractivity contribution in [2.45, 2.75) is 39.7 Å². The zero-order chi connectivity index (χ0) is 14.7. The van der Waals surface area contributed by atoms with E-state index in [1.807, 2.05) is 26.8 Å². The van der Waals surface area contributed by atoms with Crippen LogP contribution in [-0.4, -0.2) is 38.3 Å². The Kier molecular flexibility index (Phi) is 4.34. The van der Waals surface area contributed by atoms with Crippen molar-refractivity contribution in [1.29, 1.82) is 0 Å². The first-order valence-corrected chi connectivity index (χ1v) is 6.81. The fourth-order valence-corrected chi connectivity index (χ4v) is 2.08. The molecule has 0 saturated heterocycles. The Labute approximate surface area is 117 Å². The molecule has 2 rings (SSSR count). The highest BCUT2D eigenvalue weighted by Gasteiger charge is 2.15. The molecule has 6 nitrogen and oxygen atoms in total. The first-order chi connectivity index (χ1) is 9.52. The quantitative estimate of drug-likeness (QED) is 0.861. The van der Waals surface area contributed by atoms with E-state index in [0.29, 0.717) is 30.6 Å². The van der Waals surface area contributed by atoms with E-state index in [2.05, 4.69) is 15.4 Å². The van der Waals surface area contributed by atoms with Crippen molar-refractivity contribution >= 4 is 11.6 Å². The van der Waals surface area contributed by atoms with E-state index in [-0.39, 0.29) is 12.0 Å². The molecule has 2 aromatic heterocycles. The summed E-state index contributed by atoms with van der Waals surface area (Å²) >= 11 is 0. The van der Waals surface area contributed by atoms with E-state index >= 15 is 0 Å². The normalized spacial score (nSPS) is 12.6. The summed E-state index contributed by atoms with van der Waals surface area (Å²) in [6, 6.07) is 1.92. The molecule has 0 radical (unpaired) electrons. The van der Waals surface area contributed by atoms with E-state index in [1.165, 1.54) is 6.20 Å². The van der Waals surface area contributed by atoms with Crippen LogP contribution in [0.5, 0.6) is 0 Å². The maximum Gasteiger partial charge on any atom is 0.256 e. The average Bonchev–Trinajstić information content (AvgIpc) is 2.82. The number of fused-ring (bicyclic) bond motifs is 1. The second-order valence-corrected chi connectivity index (χ2v) is 4.94. The second kappa shape index (κ2) is 6.00. The average molecular weight is 276 g/mol. The Morgan fingerprint density at radius 2 is 2.25 bits per heavy atom. The second-order valence-electron chi connectivity index (χ2n) is 4.94. The molecular formula is C14H20N4O2. The summed E-state index contributed by atoms with van der Waals surface area (Å²) < 4.78 is 1.66. The molecule has 0 aliphatic carbocycles. The van der Waals surface area contributed by atoms with Crippen LogP contribution >= 0.6 is 0 Å². The maximum atomic E-state index is 12.1. The molecule has 0 bridgehead atoms. The highest BCUT2D eigenvalue weighted by molar-refractivity contribution is 5.99. The number of hydrogen-bond acceptors (Lipinski definition) is 4. The third kappa shape index (κ3) is 2.96. The molecule has 108 valence electrons. The zero-order valence-electron chi connectivity index (χ0n) is 12.1. The number of aryl methyl sites for hydroxylation is 2. The van der Waals surface area contributed by atoms with Crippen molar-refractivity contribution in [3.63, 3.8) is 0 Å². The van der Waals surface area contributed by atoms with Gasteiger partial charge in [0.05, 0.1) is 12.3 Å². The first-order valence-electron chi connectivity index (χ1n) is 6.81. The Morgan fingerprint density at radius 1 is 1.50 bits per heavy atom. The van der Waals surface area contributed by atoms with Crippen molar-refractivity contribution < 1.29 is 9.90 Å². The van der Waals surface area contributed by atoms with Gasteiger partial charge in [0, 0.05) is 17.9 Å². The predicted molar refractivity (Wildman–Crippen MR) is 75.7 cm³/mol. The topological polar surface area (TPSA) is 79.5 Å². The molecule has 0 aromatic carbocycles. The van der Waals surface area contributed by atoms with Gasteiger partial charge in [-0.1, -0.05) is 6.92 Å². The minimum atomic E-state index is -0.373. The minimum Gasteiger partial charge on any atom is -0.393 e. The van der Waals surface area contributed by atoms with Crippen molar-refractivity contribution in [1.82, 2.24) is 19.9 Å². The number of nitrogens with zero attached hydrogens (tertiary/aromatic N) is 3. The highest BCUT2D eigenvalue weighted by Crippen LogP contribution is 2.11. The summed E-state index contributed by atoms with van der Waals surface area (Å²) in [5.74, 6) is -0.208. The zero-order valence-corrected chi connectivity index (χ0v) is 12.1. The molecule has 20 heavy (non-hydrogen) atoms. The molecule has 0 aliphatic heterocycles. The van der Waals surface area contributed by atoms with Crippen LogP contribution in [0.4, 0.5) is 0 Å². The van der Waals surface area contributed by atoms with Gasteiger partial charge >= 0.3 is 0 Å². The molecule has 6 heteroatoms. The lowest BCUT2D eigenvalue weighted by Crippen LogP contribution is -2.27. The molecule has 2 N–H and O–H groups in total. The molecule has 0 fully saturated rings. The summed E-state index contributed by atoms with van der Waals surface area (Å²) in [5, 5.41) is 16.4. The van der Waals surface area contributed by atoms with Gasteiger partial charge < -0.3 is 10.4 Å². The summed E-state index contributed by atoms with van der Waals surface area (Å²) in [6.07, 6.45) is 2.39. The molecule has 0 aliphatic rings. The van der Waals surface area contributed by atoms with Crippen molar-refractivity contribution in [2.24, 2.45) is 0 Å². The monoisotopic (exact) mass is 276 g/mol. The Morgan fingerprint density at radius 3 is 2.95 bits per heavy atom. The van der Waals surface area contributed by atoms with Crippen LogP contribution in [0, 0.1) is 13.8 Å². The standard InChI is InChI=1S/C14H20N4O2/c1-4-11(19)5-6-15-14(20)12-8-16-18-10(3)7-9(2)17-13(12)18/h7-8,11,19H,4-6H2,1-3H3,(H,15,20). The molecule has 2 heterocycles. The van der Waals surface area contributed by atoms with Gasteiger partial charge in [-0.15, -0.1) is 0 Å². The van der Waals surface area contributed by atoms with Gasteiger partial charge in [-0.05, 0) is 32.8 Å². The highest BCUT2D eigenvalue weighted by atomic mass is 16.3. The molecule has 2 aromatic rings. The smallest absolute Gasteiger partial charge is 0.256 e. The fraction of sp³-hybridized carbons (Fsp3) is 0.500. The minimum absolute atomic E-state index is 0.208. The van der Waals surface area contributed by atoms with Gasteiger partial charge in [-0.3, -0.25) is 4.79 Å². The Bertz CT molecular complexity index is 621. The third-order valence-corrected chi connectivity index (χ3v) is 3.26. The van der Waals surface area contributed by atoms with Crippen LogP contribution in [0.15, 0.2) is 12.3 Å². The largest absolute Gasteiger partial charge is 0.393 e. The lowest BCUT2D eigenvalue weighted by Gasteiger charge is -2.08.